The van der Waals surface area contributed by atoms with E-state index in [1.807, 2.05) is 6.92 Å². The summed E-state index contributed by atoms with van der Waals surface area (Å²) in [6.07, 6.45) is 1.40. The lowest BCUT2D eigenvalue weighted by Crippen LogP contribution is -2.34. The third-order valence-electron chi connectivity index (χ3n) is 3.59. The van der Waals surface area contributed by atoms with Crippen LogP contribution in [0.3, 0.4) is 0 Å². The predicted octanol–water partition coefficient (Wildman–Crippen LogP) is 2.74. The maximum absolute atomic E-state index is 12.9. The second-order valence-corrected chi connectivity index (χ2v) is 5.71. The Morgan fingerprint density at radius 2 is 2.09 bits per heavy atom. The molecule has 0 bridgehead atoms. The molecule has 1 heterocycles. The molecule has 3 N–H and O–H groups in total. The predicted molar refractivity (Wildman–Crippen MR) is 85.5 cm³/mol. The van der Waals surface area contributed by atoms with Gasteiger partial charge in [-0.1, -0.05) is 25.5 Å². The molecule has 23 heavy (non-hydrogen) atoms. The van der Waals surface area contributed by atoms with E-state index < -0.39 is 6.10 Å². The van der Waals surface area contributed by atoms with Crippen molar-refractivity contribution >= 4 is 5.91 Å². The van der Waals surface area contributed by atoms with Gasteiger partial charge in [-0.15, -0.1) is 0 Å². The number of halogens is 1. The van der Waals surface area contributed by atoms with Gasteiger partial charge in [-0.2, -0.15) is 5.10 Å². The zero-order valence-corrected chi connectivity index (χ0v) is 13.3. The summed E-state index contributed by atoms with van der Waals surface area (Å²) in [5.41, 5.74) is 1.89. The molecular weight excluding hydrogens is 297 g/mol. The molecule has 0 aliphatic heterocycles. The molecule has 0 fully saturated rings. The number of carbonyl (C=O) groups is 1. The van der Waals surface area contributed by atoms with E-state index in [-0.39, 0.29) is 17.8 Å². The lowest BCUT2D eigenvalue weighted by molar-refractivity contribution is 0.0912. The summed E-state index contributed by atoms with van der Waals surface area (Å²) >= 11 is 0. The lowest BCUT2D eigenvalue weighted by atomic mass is 10.0. The fraction of sp³-hybridized carbons (Fsp3) is 0.412. The van der Waals surface area contributed by atoms with Crippen LogP contribution in [-0.2, 0) is 6.42 Å². The lowest BCUT2D eigenvalue weighted by Gasteiger charge is -2.17. The topological polar surface area (TPSA) is 78.0 Å². The van der Waals surface area contributed by atoms with E-state index in [0.717, 1.165) is 18.5 Å². The third-order valence-corrected chi connectivity index (χ3v) is 3.59. The molecule has 0 saturated carbocycles. The summed E-state index contributed by atoms with van der Waals surface area (Å²) in [5.74, 6) is -0.619. The van der Waals surface area contributed by atoms with Gasteiger partial charge in [0.05, 0.1) is 6.10 Å². The molecule has 0 saturated heterocycles. The molecule has 0 spiro atoms. The van der Waals surface area contributed by atoms with Gasteiger partial charge >= 0.3 is 0 Å². The number of carbonyl (C=O) groups excluding carboxylic acids is 1. The van der Waals surface area contributed by atoms with Crippen LogP contribution in [0.15, 0.2) is 30.3 Å². The fourth-order valence-corrected chi connectivity index (χ4v) is 2.39. The van der Waals surface area contributed by atoms with Crippen LogP contribution >= 0.6 is 0 Å². The molecule has 2 atom stereocenters. The van der Waals surface area contributed by atoms with E-state index in [4.69, 9.17) is 0 Å². The quantitative estimate of drug-likeness (QED) is 0.734. The number of H-pyrrole nitrogens is 1. The molecule has 2 unspecified atom stereocenters. The number of nitrogens with one attached hydrogen (secondary N) is 2. The number of aromatic nitrogens is 2. The van der Waals surface area contributed by atoms with Crippen molar-refractivity contribution in [2.75, 3.05) is 0 Å². The number of aromatic amines is 1. The summed E-state index contributed by atoms with van der Waals surface area (Å²) in [7, 11) is 0. The van der Waals surface area contributed by atoms with E-state index in [0.29, 0.717) is 17.7 Å². The summed E-state index contributed by atoms with van der Waals surface area (Å²) in [6, 6.07) is 7.19. The number of benzene rings is 1. The van der Waals surface area contributed by atoms with Gasteiger partial charge in [0.15, 0.2) is 0 Å². The Hall–Kier alpha value is -2.21. The summed E-state index contributed by atoms with van der Waals surface area (Å²) in [6.45, 7) is 3.86. The molecule has 0 aliphatic carbocycles. The molecule has 2 rings (SSSR count). The summed E-state index contributed by atoms with van der Waals surface area (Å²) < 4.78 is 12.9. The van der Waals surface area contributed by atoms with Crippen molar-refractivity contribution in [3.8, 4) is 0 Å². The van der Waals surface area contributed by atoms with Crippen LogP contribution in [0, 0.1) is 5.82 Å². The standard InChI is InChI=1S/C17H22FN3O2/c1-3-4-14-10-15(21-20-14)17(23)19-11(2)9-16(22)12-5-7-13(18)8-6-12/h5-8,10-11,16,22H,3-4,9H2,1-2H3,(H,19,23)(H,20,21). The highest BCUT2D eigenvalue weighted by Crippen LogP contribution is 2.18. The number of rotatable bonds is 7. The molecular formula is C17H22FN3O2. The minimum atomic E-state index is -0.763. The van der Waals surface area contributed by atoms with Crippen LogP contribution in [0.2, 0.25) is 0 Å². The van der Waals surface area contributed by atoms with Crippen LogP contribution in [0.1, 0.15) is 54.5 Å². The van der Waals surface area contributed by atoms with Crippen molar-refractivity contribution in [1.29, 1.82) is 0 Å². The maximum Gasteiger partial charge on any atom is 0.271 e. The Balaban J connectivity index is 1.88. The van der Waals surface area contributed by atoms with E-state index in [2.05, 4.69) is 22.4 Å². The second kappa shape index (κ2) is 7.87. The molecule has 1 aromatic carbocycles. The Labute approximate surface area is 134 Å². The van der Waals surface area contributed by atoms with E-state index >= 15 is 0 Å². The first-order valence-corrected chi connectivity index (χ1v) is 7.78. The van der Waals surface area contributed by atoms with Gasteiger partial charge in [-0.3, -0.25) is 9.89 Å². The number of aliphatic hydroxyl groups excluding tert-OH is 1. The highest BCUT2D eigenvalue weighted by Gasteiger charge is 2.17. The molecule has 1 amide bonds. The van der Waals surface area contributed by atoms with Crippen molar-refractivity contribution in [2.24, 2.45) is 0 Å². The Morgan fingerprint density at radius 1 is 1.39 bits per heavy atom. The van der Waals surface area contributed by atoms with Crippen LogP contribution in [0.25, 0.3) is 0 Å². The molecule has 124 valence electrons. The molecule has 2 aromatic rings. The number of hydrogen-bond acceptors (Lipinski definition) is 3. The highest BCUT2D eigenvalue weighted by atomic mass is 19.1. The minimum absolute atomic E-state index is 0.242. The number of aliphatic hydroxyl groups is 1. The van der Waals surface area contributed by atoms with E-state index in [1.54, 1.807) is 18.2 Å². The molecule has 6 heteroatoms. The first kappa shape index (κ1) is 17.1. The second-order valence-electron chi connectivity index (χ2n) is 5.71. The van der Waals surface area contributed by atoms with Gasteiger partial charge in [-0.25, -0.2) is 4.39 Å². The smallest absolute Gasteiger partial charge is 0.271 e. The van der Waals surface area contributed by atoms with Gasteiger partial charge in [0, 0.05) is 11.7 Å². The van der Waals surface area contributed by atoms with Crippen LogP contribution in [0.4, 0.5) is 4.39 Å². The third kappa shape index (κ3) is 4.89. The van der Waals surface area contributed by atoms with Gasteiger partial charge in [-0.05, 0) is 43.5 Å². The SMILES string of the molecule is CCCc1cc(C(=O)NC(C)CC(O)c2ccc(F)cc2)n[nH]1. The van der Waals surface area contributed by atoms with Crippen molar-refractivity contribution in [1.82, 2.24) is 15.5 Å². The largest absolute Gasteiger partial charge is 0.388 e. The zero-order valence-electron chi connectivity index (χ0n) is 13.3. The van der Waals surface area contributed by atoms with E-state index in [9.17, 15) is 14.3 Å². The maximum atomic E-state index is 12.9. The zero-order chi connectivity index (χ0) is 16.8. The number of amides is 1. The average Bonchev–Trinajstić information content (AvgIpc) is 2.97. The number of nitrogens with zero attached hydrogens (tertiary/aromatic N) is 1. The molecule has 0 aliphatic rings. The highest BCUT2D eigenvalue weighted by molar-refractivity contribution is 5.92. The molecule has 0 radical (unpaired) electrons. The number of aryl methyl sites for hydroxylation is 1. The van der Waals surface area contributed by atoms with Crippen LogP contribution < -0.4 is 5.32 Å². The van der Waals surface area contributed by atoms with Crippen LogP contribution in [0.5, 0.6) is 0 Å². The molecule has 5 nitrogen and oxygen atoms in total. The minimum Gasteiger partial charge on any atom is -0.388 e. The van der Waals surface area contributed by atoms with Crippen LogP contribution in [-0.4, -0.2) is 27.3 Å². The van der Waals surface area contributed by atoms with Crippen molar-refractivity contribution < 1.29 is 14.3 Å². The normalized spacial score (nSPS) is 13.6. The monoisotopic (exact) mass is 319 g/mol. The first-order chi connectivity index (χ1) is 11.0. The van der Waals surface area contributed by atoms with Crippen molar-refractivity contribution in [2.45, 2.75) is 45.3 Å². The van der Waals surface area contributed by atoms with Gasteiger partial charge < -0.3 is 10.4 Å². The van der Waals surface area contributed by atoms with Gasteiger partial charge in [0.25, 0.3) is 5.91 Å². The molecule has 1 aromatic heterocycles. The Kier molecular flexibility index (Phi) is 5.87. The van der Waals surface area contributed by atoms with Crippen molar-refractivity contribution in [3.05, 3.63) is 53.1 Å². The van der Waals surface area contributed by atoms with Crippen molar-refractivity contribution in [3.63, 3.8) is 0 Å². The Morgan fingerprint density at radius 3 is 2.74 bits per heavy atom. The fourth-order valence-electron chi connectivity index (χ4n) is 2.39. The first-order valence-electron chi connectivity index (χ1n) is 7.78. The average molecular weight is 319 g/mol. The van der Waals surface area contributed by atoms with E-state index in [1.165, 1.54) is 12.1 Å². The van der Waals surface area contributed by atoms with Gasteiger partial charge in [0.1, 0.15) is 11.5 Å². The Bertz CT molecular complexity index is 640. The summed E-state index contributed by atoms with van der Waals surface area (Å²) in [5, 5.41) is 19.8. The van der Waals surface area contributed by atoms with Gasteiger partial charge in [0.2, 0.25) is 0 Å². The summed E-state index contributed by atoms with van der Waals surface area (Å²) in [4.78, 5) is 12.1. The number of hydrogen-bond donors (Lipinski definition) is 3.